The number of aliphatic hydroxyl groups is 1. The van der Waals surface area contributed by atoms with Gasteiger partial charge in [-0.1, -0.05) is 30.3 Å². The molecule has 0 spiro atoms. The van der Waals surface area contributed by atoms with Gasteiger partial charge in [0.05, 0.1) is 0 Å². The van der Waals surface area contributed by atoms with Gasteiger partial charge in [0.15, 0.2) is 0 Å². The van der Waals surface area contributed by atoms with Crippen molar-refractivity contribution in [1.29, 1.82) is 0 Å². The molecule has 0 aromatic heterocycles. The summed E-state index contributed by atoms with van der Waals surface area (Å²) in [5, 5.41) is 8.72. The number of aldehydes is 1. The van der Waals surface area contributed by atoms with Gasteiger partial charge in [-0.25, -0.2) is 0 Å². The van der Waals surface area contributed by atoms with Crippen LogP contribution in [0, 0.1) is 0 Å². The van der Waals surface area contributed by atoms with Crippen LogP contribution in [0.3, 0.4) is 0 Å². The van der Waals surface area contributed by atoms with Gasteiger partial charge in [0, 0.05) is 6.61 Å². The number of rotatable bonds is 5. The summed E-state index contributed by atoms with van der Waals surface area (Å²) in [6, 6.07) is 7.88. The zero-order valence-corrected chi connectivity index (χ0v) is 8.02. The smallest absolute Gasteiger partial charge is 0.142 e. The van der Waals surface area contributed by atoms with Crippen molar-refractivity contribution >= 4 is 12.4 Å². The van der Waals surface area contributed by atoms with Crippen molar-refractivity contribution in [1.82, 2.24) is 0 Å². The van der Waals surface area contributed by atoms with E-state index >= 15 is 0 Å². The van der Waals surface area contributed by atoms with Crippen LogP contribution in [0.15, 0.2) is 30.3 Å². The topological polar surface area (TPSA) is 37.3 Å². The van der Waals surface area contributed by atoms with Crippen LogP contribution in [0.1, 0.15) is 17.5 Å². The Morgan fingerprint density at radius 3 is 2.79 bits per heavy atom. The SMILES string of the molecule is O=CC=Cc1ccccc1CCCO. The van der Waals surface area contributed by atoms with Crippen LogP contribution in [0.5, 0.6) is 0 Å². The molecular formula is C12H14O2. The lowest BCUT2D eigenvalue weighted by molar-refractivity contribution is -0.104. The van der Waals surface area contributed by atoms with E-state index < -0.39 is 0 Å². The number of carbonyl (C=O) groups is 1. The largest absolute Gasteiger partial charge is 0.396 e. The molecule has 0 unspecified atom stereocenters. The average molecular weight is 190 g/mol. The molecule has 0 aliphatic rings. The normalized spacial score (nSPS) is 10.6. The molecule has 0 bridgehead atoms. The first-order valence-corrected chi connectivity index (χ1v) is 4.69. The zero-order chi connectivity index (χ0) is 10.2. The van der Waals surface area contributed by atoms with Crippen molar-refractivity contribution in [2.75, 3.05) is 6.61 Å². The first-order chi connectivity index (χ1) is 6.88. The Kier molecular flexibility index (Phi) is 4.65. The van der Waals surface area contributed by atoms with E-state index in [0.717, 1.165) is 24.7 Å². The van der Waals surface area contributed by atoms with Crippen LogP contribution < -0.4 is 0 Å². The monoisotopic (exact) mass is 190 g/mol. The summed E-state index contributed by atoms with van der Waals surface area (Å²) in [5.41, 5.74) is 2.22. The molecule has 0 heterocycles. The van der Waals surface area contributed by atoms with Gasteiger partial charge in [0.2, 0.25) is 0 Å². The van der Waals surface area contributed by atoms with E-state index in [1.807, 2.05) is 24.3 Å². The van der Waals surface area contributed by atoms with Crippen LogP contribution in [-0.4, -0.2) is 18.0 Å². The van der Waals surface area contributed by atoms with E-state index in [1.165, 1.54) is 11.6 Å². The van der Waals surface area contributed by atoms with Crippen LogP contribution in [-0.2, 0) is 11.2 Å². The van der Waals surface area contributed by atoms with E-state index in [2.05, 4.69) is 0 Å². The second-order valence-corrected chi connectivity index (χ2v) is 3.02. The molecule has 0 atom stereocenters. The Morgan fingerprint density at radius 1 is 1.29 bits per heavy atom. The molecule has 1 aromatic carbocycles. The molecule has 0 fully saturated rings. The summed E-state index contributed by atoms with van der Waals surface area (Å²) >= 11 is 0. The maximum absolute atomic E-state index is 10.2. The Bertz CT molecular complexity index is 316. The summed E-state index contributed by atoms with van der Waals surface area (Å²) in [6.45, 7) is 0.200. The van der Waals surface area contributed by atoms with E-state index in [-0.39, 0.29) is 6.61 Å². The second-order valence-electron chi connectivity index (χ2n) is 3.02. The van der Waals surface area contributed by atoms with Gasteiger partial charge in [-0.05, 0) is 30.0 Å². The van der Waals surface area contributed by atoms with Gasteiger partial charge >= 0.3 is 0 Å². The Balaban J connectivity index is 2.79. The fraction of sp³-hybridized carbons (Fsp3) is 0.250. The maximum Gasteiger partial charge on any atom is 0.142 e. The maximum atomic E-state index is 10.2. The van der Waals surface area contributed by atoms with Crippen LogP contribution >= 0.6 is 0 Å². The number of hydrogen-bond donors (Lipinski definition) is 1. The zero-order valence-electron chi connectivity index (χ0n) is 8.02. The van der Waals surface area contributed by atoms with Crippen molar-refractivity contribution in [3.05, 3.63) is 41.5 Å². The Morgan fingerprint density at radius 2 is 2.07 bits per heavy atom. The number of aliphatic hydroxyl groups excluding tert-OH is 1. The lowest BCUT2D eigenvalue weighted by Gasteiger charge is -2.03. The molecule has 0 saturated carbocycles. The van der Waals surface area contributed by atoms with Crippen molar-refractivity contribution in [3.8, 4) is 0 Å². The second kappa shape index (κ2) is 6.11. The van der Waals surface area contributed by atoms with Gasteiger partial charge in [0.25, 0.3) is 0 Å². The predicted molar refractivity (Wildman–Crippen MR) is 56.9 cm³/mol. The molecule has 0 radical (unpaired) electrons. The van der Waals surface area contributed by atoms with Gasteiger partial charge in [-0.3, -0.25) is 4.79 Å². The number of hydrogen-bond acceptors (Lipinski definition) is 2. The quantitative estimate of drug-likeness (QED) is 0.568. The molecule has 2 nitrogen and oxygen atoms in total. The summed E-state index contributed by atoms with van der Waals surface area (Å²) < 4.78 is 0. The standard InChI is InChI=1S/C12H14O2/c13-9-3-7-11-5-1-2-6-12(11)8-4-10-14/h1-3,5-7,9,14H,4,8,10H2. The molecule has 0 saturated heterocycles. The van der Waals surface area contributed by atoms with E-state index in [9.17, 15) is 4.79 Å². The van der Waals surface area contributed by atoms with Crippen molar-refractivity contribution in [2.24, 2.45) is 0 Å². The molecule has 14 heavy (non-hydrogen) atoms. The highest BCUT2D eigenvalue weighted by Gasteiger charge is 1.97. The van der Waals surface area contributed by atoms with Gasteiger partial charge in [-0.2, -0.15) is 0 Å². The molecule has 2 heteroatoms. The fourth-order valence-electron chi connectivity index (χ4n) is 1.34. The lowest BCUT2D eigenvalue weighted by atomic mass is 10.0. The Hall–Kier alpha value is -1.41. The lowest BCUT2D eigenvalue weighted by Crippen LogP contribution is -1.92. The van der Waals surface area contributed by atoms with Gasteiger partial charge in [0.1, 0.15) is 6.29 Å². The third kappa shape index (κ3) is 3.15. The highest BCUT2D eigenvalue weighted by molar-refractivity contribution is 5.74. The first-order valence-electron chi connectivity index (χ1n) is 4.69. The third-order valence-electron chi connectivity index (χ3n) is 2.01. The molecule has 0 aliphatic heterocycles. The van der Waals surface area contributed by atoms with Crippen molar-refractivity contribution in [2.45, 2.75) is 12.8 Å². The minimum Gasteiger partial charge on any atom is -0.396 e. The number of aryl methyl sites for hydroxylation is 1. The molecule has 0 aliphatic carbocycles. The summed E-state index contributed by atoms with van der Waals surface area (Å²) in [7, 11) is 0. The summed E-state index contributed by atoms with van der Waals surface area (Å²) in [5.74, 6) is 0. The molecule has 1 aromatic rings. The first kappa shape index (κ1) is 10.7. The minimum absolute atomic E-state index is 0.200. The molecule has 1 rings (SSSR count). The minimum atomic E-state index is 0.200. The number of carbonyl (C=O) groups excluding carboxylic acids is 1. The summed E-state index contributed by atoms with van der Waals surface area (Å²) in [6.07, 6.45) is 5.64. The molecular weight excluding hydrogens is 176 g/mol. The van der Waals surface area contributed by atoms with Crippen molar-refractivity contribution < 1.29 is 9.90 Å². The van der Waals surface area contributed by atoms with E-state index in [0.29, 0.717) is 0 Å². The van der Waals surface area contributed by atoms with E-state index in [1.54, 1.807) is 6.08 Å². The Labute approximate surface area is 83.9 Å². The number of allylic oxidation sites excluding steroid dienone is 1. The van der Waals surface area contributed by atoms with Crippen LogP contribution in [0.4, 0.5) is 0 Å². The highest BCUT2D eigenvalue weighted by Crippen LogP contribution is 2.12. The fourth-order valence-corrected chi connectivity index (χ4v) is 1.34. The van der Waals surface area contributed by atoms with Crippen LogP contribution in [0.25, 0.3) is 6.08 Å². The van der Waals surface area contributed by atoms with Gasteiger partial charge < -0.3 is 5.11 Å². The van der Waals surface area contributed by atoms with E-state index in [4.69, 9.17) is 5.11 Å². The number of benzene rings is 1. The molecule has 0 amide bonds. The average Bonchev–Trinajstić information content (AvgIpc) is 2.24. The molecule has 1 N–H and O–H groups in total. The van der Waals surface area contributed by atoms with Gasteiger partial charge in [-0.15, -0.1) is 0 Å². The summed E-state index contributed by atoms with van der Waals surface area (Å²) in [4.78, 5) is 10.2. The third-order valence-corrected chi connectivity index (χ3v) is 2.01. The molecule has 74 valence electrons. The highest BCUT2D eigenvalue weighted by atomic mass is 16.2. The van der Waals surface area contributed by atoms with Crippen LogP contribution in [0.2, 0.25) is 0 Å². The van der Waals surface area contributed by atoms with Crippen molar-refractivity contribution in [3.63, 3.8) is 0 Å². The predicted octanol–water partition coefficient (Wildman–Crippen LogP) is 1.82.